The number of halogens is 1. The van der Waals surface area contributed by atoms with Gasteiger partial charge in [0.25, 0.3) is 5.91 Å². The number of nitrogens with zero attached hydrogens (tertiary/aromatic N) is 4. The van der Waals surface area contributed by atoms with E-state index in [-0.39, 0.29) is 17.5 Å². The molecule has 5 rings (SSSR count). The van der Waals surface area contributed by atoms with E-state index in [2.05, 4.69) is 27.5 Å². The number of hydrogen-bond donors (Lipinski definition) is 2. The monoisotopic (exact) mass is 398 g/mol. The summed E-state index contributed by atoms with van der Waals surface area (Å²) < 4.78 is 13.1. The molecule has 2 N–H and O–H groups in total. The molecule has 2 aromatic rings. The zero-order chi connectivity index (χ0) is 20.2. The molecule has 1 saturated carbocycles. The molecule has 3 amide bonds. The normalized spacial score (nSPS) is 20.1. The number of carbonyl (C=O) groups excluding carboxylic acids is 2. The minimum absolute atomic E-state index is 0.0519. The van der Waals surface area contributed by atoms with E-state index in [1.165, 1.54) is 24.3 Å². The molecule has 0 unspecified atom stereocenters. The standard InChI is InChI=1S/C20H23FN6O2/c1-25-8-10-26(11-9-25)19(29)27-12-15-16(20(27)6-7-20)23-24-17(15)22-18(28)13-2-4-14(21)5-3-13/h2-5H,6-12H2,1H3,(H2,22,23,24,28). The number of amides is 3. The van der Waals surface area contributed by atoms with Crippen molar-refractivity contribution in [1.29, 1.82) is 0 Å². The molecule has 0 radical (unpaired) electrons. The molecule has 2 aliphatic heterocycles. The van der Waals surface area contributed by atoms with Crippen molar-refractivity contribution in [1.82, 2.24) is 24.9 Å². The SMILES string of the molecule is CN1CCN(C(=O)N2Cc3c(NC(=O)c4ccc(F)cc4)n[nH]c3C23CC3)CC1. The Morgan fingerprint density at radius 2 is 1.83 bits per heavy atom. The molecule has 8 nitrogen and oxygen atoms in total. The summed E-state index contributed by atoms with van der Waals surface area (Å²) in [5.41, 5.74) is 1.82. The molecular weight excluding hydrogens is 375 g/mol. The van der Waals surface area contributed by atoms with Gasteiger partial charge in [0.2, 0.25) is 0 Å². The Labute approximate surface area is 167 Å². The van der Waals surface area contributed by atoms with Crippen LogP contribution in [0.25, 0.3) is 0 Å². The molecule has 3 heterocycles. The van der Waals surface area contributed by atoms with Crippen LogP contribution in [0.4, 0.5) is 15.0 Å². The summed E-state index contributed by atoms with van der Waals surface area (Å²) >= 11 is 0. The molecule has 3 aliphatic rings. The Hall–Kier alpha value is -2.94. The summed E-state index contributed by atoms with van der Waals surface area (Å²) in [7, 11) is 2.06. The first-order valence-corrected chi connectivity index (χ1v) is 9.88. The molecule has 1 aliphatic carbocycles. The Bertz CT molecular complexity index is 960. The number of H-pyrrole nitrogens is 1. The number of fused-ring (bicyclic) bond motifs is 2. The first-order valence-electron chi connectivity index (χ1n) is 9.88. The molecule has 29 heavy (non-hydrogen) atoms. The van der Waals surface area contributed by atoms with Crippen LogP contribution in [0.3, 0.4) is 0 Å². The van der Waals surface area contributed by atoms with Gasteiger partial charge in [0.15, 0.2) is 5.82 Å². The van der Waals surface area contributed by atoms with E-state index in [4.69, 9.17) is 0 Å². The molecule has 0 atom stereocenters. The van der Waals surface area contributed by atoms with Crippen LogP contribution in [-0.4, -0.2) is 70.1 Å². The fraction of sp³-hybridized carbons (Fsp3) is 0.450. The number of likely N-dealkylation sites (N-methyl/N-ethyl adjacent to an activating group) is 1. The van der Waals surface area contributed by atoms with Gasteiger partial charge in [-0.2, -0.15) is 5.10 Å². The first-order chi connectivity index (χ1) is 14.0. The van der Waals surface area contributed by atoms with Crippen molar-refractivity contribution in [2.45, 2.75) is 24.9 Å². The highest BCUT2D eigenvalue weighted by Gasteiger charge is 2.59. The predicted octanol–water partition coefficient (Wildman–Crippen LogP) is 1.97. The van der Waals surface area contributed by atoms with Gasteiger partial charge in [-0.05, 0) is 44.2 Å². The topological polar surface area (TPSA) is 84.6 Å². The number of aromatic amines is 1. The third kappa shape index (κ3) is 2.96. The number of aromatic nitrogens is 2. The maximum atomic E-state index is 13.2. The second-order valence-electron chi connectivity index (χ2n) is 8.08. The van der Waals surface area contributed by atoms with Gasteiger partial charge in [0.05, 0.1) is 17.8 Å². The molecule has 2 fully saturated rings. The summed E-state index contributed by atoms with van der Waals surface area (Å²) in [6.07, 6.45) is 1.79. The molecule has 1 spiro atoms. The fourth-order valence-electron chi connectivity index (χ4n) is 4.29. The van der Waals surface area contributed by atoms with Crippen LogP contribution in [0.15, 0.2) is 24.3 Å². The lowest BCUT2D eigenvalue weighted by atomic mass is 10.1. The minimum Gasteiger partial charge on any atom is -0.322 e. The smallest absolute Gasteiger partial charge is 0.321 e. The zero-order valence-corrected chi connectivity index (χ0v) is 16.2. The second kappa shape index (κ2) is 6.55. The Morgan fingerprint density at radius 1 is 1.14 bits per heavy atom. The molecule has 1 saturated heterocycles. The number of rotatable bonds is 2. The van der Waals surface area contributed by atoms with Crippen molar-refractivity contribution in [3.05, 3.63) is 46.9 Å². The summed E-state index contributed by atoms with van der Waals surface area (Å²) in [6, 6.07) is 5.42. The maximum Gasteiger partial charge on any atom is 0.321 e. The van der Waals surface area contributed by atoms with Gasteiger partial charge in [-0.1, -0.05) is 0 Å². The van der Waals surface area contributed by atoms with E-state index in [0.29, 0.717) is 17.9 Å². The number of benzene rings is 1. The molecule has 9 heteroatoms. The summed E-state index contributed by atoms with van der Waals surface area (Å²) in [5.74, 6) is -0.307. The second-order valence-corrected chi connectivity index (χ2v) is 8.08. The van der Waals surface area contributed by atoms with E-state index >= 15 is 0 Å². The Kier molecular flexibility index (Phi) is 4.09. The number of hydrogen-bond acceptors (Lipinski definition) is 4. The fourth-order valence-corrected chi connectivity index (χ4v) is 4.29. The van der Waals surface area contributed by atoms with Crippen molar-refractivity contribution >= 4 is 17.8 Å². The van der Waals surface area contributed by atoms with Crippen LogP contribution in [0.5, 0.6) is 0 Å². The van der Waals surface area contributed by atoms with E-state index in [0.717, 1.165) is 50.3 Å². The number of urea groups is 1. The molecule has 152 valence electrons. The third-order valence-corrected chi connectivity index (χ3v) is 6.23. The largest absolute Gasteiger partial charge is 0.322 e. The number of piperazine rings is 1. The number of carbonyl (C=O) groups is 2. The average molecular weight is 398 g/mol. The van der Waals surface area contributed by atoms with Crippen LogP contribution in [0.1, 0.15) is 34.5 Å². The van der Waals surface area contributed by atoms with Gasteiger partial charge in [0, 0.05) is 37.3 Å². The first kappa shape index (κ1) is 18.1. The maximum absolute atomic E-state index is 13.2. The van der Waals surface area contributed by atoms with Gasteiger partial charge in [-0.3, -0.25) is 9.89 Å². The third-order valence-electron chi connectivity index (χ3n) is 6.23. The van der Waals surface area contributed by atoms with Crippen LogP contribution in [0, 0.1) is 5.82 Å². The van der Waals surface area contributed by atoms with Crippen molar-refractivity contribution < 1.29 is 14.0 Å². The molecular formula is C20H23FN6O2. The van der Waals surface area contributed by atoms with Crippen LogP contribution < -0.4 is 5.32 Å². The summed E-state index contributed by atoms with van der Waals surface area (Å²) in [5, 5.41) is 10.1. The lowest BCUT2D eigenvalue weighted by molar-refractivity contribution is 0.102. The number of anilines is 1. The summed E-state index contributed by atoms with van der Waals surface area (Å²) in [4.78, 5) is 31.8. The van der Waals surface area contributed by atoms with E-state index < -0.39 is 5.82 Å². The Balaban J connectivity index is 1.35. The number of nitrogens with one attached hydrogen (secondary N) is 2. The highest BCUT2D eigenvalue weighted by molar-refractivity contribution is 6.04. The molecule has 1 aromatic heterocycles. The summed E-state index contributed by atoms with van der Waals surface area (Å²) in [6.45, 7) is 3.62. The van der Waals surface area contributed by atoms with E-state index in [9.17, 15) is 14.0 Å². The van der Waals surface area contributed by atoms with Crippen molar-refractivity contribution in [3.63, 3.8) is 0 Å². The quantitative estimate of drug-likeness (QED) is 0.810. The van der Waals surface area contributed by atoms with Gasteiger partial charge in [-0.25, -0.2) is 9.18 Å². The molecule has 1 aromatic carbocycles. The van der Waals surface area contributed by atoms with Crippen molar-refractivity contribution in [2.75, 3.05) is 38.5 Å². The highest BCUT2D eigenvalue weighted by Crippen LogP contribution is 2.57. The van der Waals surface area contributed by atoms with Gasteiger partial charge >= 0.3 is 6.03 Å². The van der Waals surface area contributed by atoms with Crippen molar-refractivity contribution in [2.24, 2.45) is 0 Å². The van der Waals surface area contributed by atoms with E-state index in [1.807, 2.05) is 9.80 Å². The van der Waals surface area contributed by atoms with E-state index in [1.54, 1.807) is 0 Å². The average Bonchev–Trinajstić information content (AvgIpc) is 3.32. The minimum atomic E-state index is -0.393. The van der Waals surface area contributed by atoms with Gasteiger partial charge in [0.1, 0.15) is 5.82 Å². The van der Waals surface area contributed by atoms with Crippen LogP contribution in [-0.2, 0) is 12.1 Å². The zero-order valence-electron chi connectivity index (χ0n) is 16.2. The lowest BCUT2D eigenvalue weighted by Gasteiger charge is -2.37. The molecule has 0 bridgehead atoms. The predicted molar refractivity (Wildman–Crippen MR) is 104 cm³/mol. The van der Waals surface area contributed by atoms with Crippen LogP contribution >= 0.6 is 0 Å². The lowest BCUT2D eigenvalue weighted by Crippen LogP contribution is -2.52. The highest BCUT2D eigenvalue weighted by atomic mass is 19.1. The van der Waals surface area contributed by atoms with Crippen molar-refractivity contribution in [3.8, 4) is 0 Å². The van der Waals surface area contributed by atoms with Gasteiger partial charge < -0.3 is 20.0 Å². The Morgan fingerprint density at radius 3 is 2.48 bits per heavy atom. The van der Waals surface area contributed by atoms with Gasteiger partial charge in [-0.15, -0.1) is 0 Å². The van der Waals surface area contributed by atoms with Crippen LogP contribution in [0.2, 0.25) is 0 Å².